The average Bonchev–Trinajstić information content (AvgIpc) is 3.19. The Morgan fingerprint density at radius 2 is 1.21 bits per heavy atom. The lowest BCUT2D eigenvalue weighted by Gasteiger charge is -1.95. The Labute approximate surface area is 149 Å². The molecule has 0 spiro atoms. The van der Waals surface area contributed by atoms with Crippen LogP contribution >= 0.6 is 22.7 Å². The van der Waals surface area contributed by atoms with Crippen molar-refractivity contribution in [2.24, 2.45) is 0 Å². The second kappa shape index (κ2) is 6.30. The number of aromatic nitrogens is 2. The smallest absolute Gasteiger partial charge is 0.124 e. The van der Waals surface area contributed by atoms with Crippen LogP contribution in [0.15, 0.2) is 60.7 Å². The Morgan fingerprint density at radius 1 is 0.667 bits per heavy atom. The highest BCUT2D eigenvalue weighted by molar-refractivity contribution is 7.19. The molecule has 118 valence electrons. The van der Waals surface area contributed by atoms with Gasteiger partial charge in [-0.05, 0) is 13.8 Å². The average molecular weight is 348 g/mol. The Balaban J connectivity index is 1.78. The molecule has 0 unspecified atom stereocenters. The SMILES string of the molecule is Cc1nc(-c2ccccc2)sc1-c1nc(-c2ccccc2)sc1C. The molecule has 0 bridgehead atoms. The van der Waals surface area contributed by atoms with E-state index in [2.05, 4.69) is 50.2 Å². The highest BCUT2D eigenvalue weighted by Crippen LogP contribution is 2.39. The normalized spacial score (nSPS) is 10.9. The highest BCUT2D eigenvalue weighted by Gasteiger charge is 2.17. The molecule has 0 aliphatic rings. The predicted octanol–water partition coefficient (Wildman–Crippen LogP) is 6.22. The Morgan fingerprint density at radius 3 is 1.79 bits per heavy atom. The van der Waals surface area contributed by atoms with E-state index in [1.165, 1.54) is 15.3 Å². The van der Waals surface area contributed by atoms with Crippen molar-refractivity contribution in [3.63, 3.8) is 0 Å². The first-order valence-corrected chi connectivity index (χ1v) is 9.42. The third-order valence-electron chi connectivity index (χ3n) is 3.85. The lowest BCUT2D eigenvalue weighted by atomic mass is 10.2. The van der Waals surface area contributed by atoms with Gasteiger partial charge in [0.1, 0.15) is 10.0 Å². The summed E-state index contributed by atoms with van der Waals surface area (Å²) in [5.74, 6) is 0. The van der Waals surface area contributed by atoms with E-state index in [-0.39, 0.29) is 0 Å². The maximum atomic E-state index is 4.91. The van der Waals surface area contributed by atoms with Crippen LogP contribution in [0.25, 0.3) is 31.7 Å². The van der Waals surface area contributed by atoms with Crippen molar-refractivity contribution in [2.45, 2.75) is 13.8 Å². The van der Waals surface area contributed by atoms with Gasteiger partial charge in [-0.2, -0.15) is 0 Å². The van der Waals surface area contributed by atoms with Crippen LogP contribution in [-0.4, -0.2) is 9.97 Å². The van der Waals surface area contributed by atoms with Gasteiger partial charge in [0.05, 0.1) is 16.3 Å². The zero-order chi connectivity index (χ0) is 16.5. The van der Waals surface area contributed by atoms with Crippen molar-refractivity contribution in [1.29, 1.82) is 0 Å². The van der Waals surface area contributed by atoms with E-state index in [0.29, 0.717) is 0 Å². The first-order chi connectivity index (χ1) is 11.7. The minimum Gasteiger partial charge on any atom is -0.241 e. The van der Waals surface area contributed by atoms with Crippen LogP contribution in [0.5, 0.6) is 0 Å². The van der Waals surface area contributed by atoms with Crippen LogP contribution < -0.4 is 0 Å². The number of thiazole rings is 2. The van der Waals surface area contributed by atoms with Gasteiger partial charge >= 0.3 is 0 Å². The van der Waals surface area contributed by atoms with Gasteiger partial charge in [0.2, 0.25) is 0 Å². The molecular formula is C20H16N2S2. The van der Waals surface area contributed by atoms with Crippen molar-refractivity contribution in [2.75, 3.05) is 0 Å². The van der Waals surface area contributed by atoms with E-state index in [1.54, 1.807) is 22.7 Å². The molecule has 2 nitrogen and oxygen atoms in total. The summed E-state index contributed by atoms with van der Waals surface area (Å²) in [5, 5.41) is 2.12. The number of hydrogen-bond donors (Lipinski definition) is 0. The zero-order valence-corrected chi connectivity index (χ0v) is 15.1. The van der Waals surface area contributed by atoms with Crippen molar-refractivity contribution < 1.29 is 0 Å². The number of rotatable bonds is 3. The molecular weight excluding hydrogens is 332 g/mol. The number of nitrogens with zero attached hydrogens (tertiary/aromatic N) is 2. The molecule has 0 amide bonds. The maximum absolute atomic E-state index is 4.91. The molecule has 0 saturated heterocycles. The number of aryl methyl sites for hydroxylation is 2. The summed E-state index contributed by atoms with van der Waals surface area (Å²) >= 11 is 3.47. The lowest BCUT2D eigenvalue weighted by Crippen LogP contribution is -1.81. The first-order valence-electron chi connectivity index (χ1n) is 7.78. The Bertz CT molecular complexity index is 888. The Kier molecular flexibility index (Phi) is 4.00. The monoisotopic (exact) mass is 348 g/mol. The molecule has 0 radical (unpaired) electrons. The van der Waals surface area contributed by atoms with E-state index in [9.17, 15) is 0 Å². The largest absolute Gasteiger partial charge is 0.241 e. The molecule has 4 rings (SSSR count). The predicted molar refractivity (Wildman–Crippen MR) is 104 cm³/mol. The van der Waals surface area contributed by atoms with Crippen LogP contribution in [-0.2, 0) is 0 Å². The summed E-state index contributed by atoms with van der Waals surface area (Å²) in [4.78, 5) is 12.1. The van der Waals surface area contributed by atoms with Crippen molar-refractivity contribution in [1.82, 2.24) is 9.97 Å². The fourth-order valence-corrected chi connectivity index (χ4v) is 4.74. The van der Waals surface area contributed by atoms with Gasteiger partial charge in [0, 0.05) is 16.0 Å². The molecule has 0 fully saturated rings. The third kappa shape index (κ3) is 2.79. The van der Waals surface area contributed by atoms with Crippen molar-refractivity contribution >= 4 is 22.7 Å². The van der Waals surface area contributed by atoms with Gasteiger partial charge in [0.25, 0.3) is 0 Å². The van der Waals surface area contributed by atoms with E-state index in [1.807, 2.05) is 24.3 Å². The topological polar surface area (TPSA) is 25.8 Å². The number of hydrogen-bond acceptors (Lipinski definition) is 4. The van der Waals surface area contributed by atoms with Crippen LogP contribution in [0.1, 0.15) is 10.6 Å². The minimum absolute atomic E-state index is 1.05. The molecule has 2 aromatic heterocycles. The summed E-state index contributed by atoms with van der Waals surface area (Å²) in [6.07, 6.45) is 0. The van der Waals surface area contributed by atoms with Crippen molar-refractivity contribution in [3.05, 3.63) is 71.2 Å². The molecule has 0 aliphatic heterocycles. The highest BCUT2D eigenvalue weighted by atomic mass is 32.1. The van der Waals surface area contributed by atoms with E-state index < -0.39 is 0 Å². The summed E-state index contributed by atoms with van der Waals surface area (Å²) < 4.78 is 0. The Hall–Kier alpha value is -2.30. The molecule has 0 aliphatic carbocycles. The minimum atomic E-state index is 1.05. The second-order valence-electron chi connectivity index (χ2n) is 5.59. The molecule has 24 heavy (non-hydrogen) atoms. The quantitative estimate of drug-likeness (QED) is 0.439. The lowest BCUT2D eigenvalue weighted by molar-refractivity contribution is 1.25. The van der Waals surface area contributed by atoms with Gasteiger partial charge in [-0.25, -0.2) is 9.97 Å². The van der Waals surface area contributed by atoms with Crippen LogP contribution in [0.2, 0.25) is 0 Å². The first kappa shape index (κ1) is 15.2. The molecule has 2 aromatic carbocycles. The van der Waals surface area contributed by atoms with Gasteiger partial charge < -0.3 is 0 Å². The molecule has 0 N–H and O–H groups in total. The van der Waals surface area contributed by atoms with Crippen LogP contribution in [0.4, 0.5) is 0 Å². The van der Waals surface area contributed by atoms with E-state index >= 15 is 0 Å². The molecule has 2 heterocycles. The molecule has 0 saturated carbocycles. The van der Waals surface area contributed by atoms with Crippen LogP contribution in [0, 0.1) is 13.8 Å². The van der Waals surface area contributed by atoms with Gasteiger partial charge in [0.15, 0.2) is 0 Å². The third-order valence-corrected chi connectivity index (χ3v) is 6.08. The zero-order valence-electron chi connectivity index (χ0n) is 13.5. The second-order valence-corrected chi connectivity index (χ2v) is 7.79. The maximum Gasteiger partial charge on any atom is 0.124 e. The summed E-state index contributed by atoms with van der Waals surface area (Å²) in [6.45, 7) is 4.21. The van der Waals surface area contributed by atoms with E-state index in [0.717, 1.165) is 27.0 Å². The fraction of sp³-hybridized carbons (Fsp3) is 0.100. The van der Waals surface area contributed by atoms with Gasteiger partial charge in [-0.1, -0.05) is 60.7 Å². The number of benzene rings is 2. The van der Waals surface area contributed by atoms with E-state index in [4.69, 9.17) is 9.97 Å². The van der Waals surface area contributed by atoms with Crippen molar-refractivity contribution in [3.8, 4) is 31.7 Å². The van der Waals surface area contributed by atoms with Gasteiger partial charge in [-0.3, -0.25) is 0 Å². The molecule has 4 aromatic rings. The standard InChI is InChI=1S/C20H16N2S2/c1-13-18(24-19(21-13)15-9-5-3-6-10-15)17-14(2)23-20(22-17)16-11-7-4-8-12-16/h3-12H,1-2H3. The fourth-order valence-electron chi connectivity index (χ4n) is 2.63. The molecule has 4 heteroatoms. The summed E-state index contributed by atoms with van der Waals surface area (Å²) in [6, 6.07) is 20.7. The summed E-state index contributed by atoms with van der Waals surface area (Å²) in [7, 11) is 0. The van der Waals surface area contributed by atoms with Gasteiger partial charge in [-0.15, -0.1) is 22.7 Å². The summed E-state index contributed by atoms with van der Waals surface area (Å²) in [5.41, 5.74) is 4.44. The van der Waals surface area contributed by atoms with Crippen LogP contribution in [0.3, 0.4) is 0 Å². The molecule has 0 atom stereocenters.